The Morgan fingerprint density at radius 3 is 2.29 bits per heavy atom. The van der Waals surface area contributed by atoms with Gasteiger partial charge in [0.25, 0.3) is 0 Å². The Hall–Kier alpha value is -2.85. The average molecular weight is 386 g/mol. The second-order valence-electron chi connectivity index (χ2n) is 6.95. The van der Waals surface area contributed by atoms with Crippen molar-refractivity contribution >= 4 is 11.8 Å². The van der Waals surface area contributed by atoms with E-state index in [9.17, 15) is 0 Å². The molecule has 0 aliphatic heterocycles. The van der Waals surface area contributed by atoms with Gasteiger partial charge in [-0.25, -0.2) is 0 Å². The van der Waals surface area contributed by atoms with Crippen molar-refractivity contribution in [3.05, 3.63) is 107 Å². The number of thioether (sulfide) groups is 1. The van der Waals surface area contributed by atoms with Crippen LogP contribution in [0.2, 0.25) is 0 Å². The third kappa shape index (κ3) is 4.18. The highest BCUT2D eigenvalue weighted by atomic mass is 32.2. The largest absolute Gasteiger partial charge is 0.274 e. The number of benzene rings is 3. The number of nitrogens with zero attached hydrogens (tertiary/aromatic N) is 3. The van der Waals surface area contributed by atoms with Gasteiger partial charge in [0.15, 0.2) is 5.16 Å². The lowest BCUT2D eigenvalue weighted by Crippen LogP contribution is -2.04. The Bertz CT molecular complexity index is 1060. The first kappa shape index (κ1) is 18.5. The van der Waals surface area contributed by atoms with Crippen LogP contribution in [-0.4, -0.2) is 14.8 Å². The quantitative estimate of drug-likeness (QED) is 0.395. The zero-order valence-electron chi connectivity index (χ0n) is 16.2. The molecule has 0 atom stereocenters. The fourth-order valence-electron chi connectivity index (χ4n) is 3.22. The summed E-state index contributed by atoms with van der Waals surface area (Å²) < 4.78 is 2.18. The van der Waals surface area contributed by atoms with E-state index >= 15 is 0 Å². The number of hydrogen-bond acceptors (Lipinski definition) is 3. The minimum absolute atomic E-state index is 0.757. The molecule has 140 valence electrons. The molecule has 28 heavy (non-hydrogen) atoms. The van der Waals surface area contributed by atoms with E-state index in [1.807, 2.05) is 12.1 Å². The molecule has 0 aliphatic rings. The van der Waals surface area contributed by atoms with Gasteiger partial charge in [0.2, 0.25) is 0 Å². The molecule has 0 bridgehead atoms. The maximum Gasteiger partial charge on any atom is 0.196 e. The third-order valence-electron chi connectivity index (χ3n) is 4.78. The highest BCUT2D eigenvalue weighted by Crippen LogP contribution is 2.27. The standard InChI is InChI=1S/C24H23N3S/c1-18-13-14-19(2)21(15-18)17-28-24-26-25-23(16-20-9-5-3-6-10-20)27(24)22-11-7-4-8-12-22/h3-15H,16-17H2,1-2H3. The summed E-state index contributed by atoms with van der Waals surface area (Å²) >= 11 is 1.74. The highest BCUT2D eigenvalue weighted by molar-refractivity contribution is 7.98. The summed E-state index contributed by atoms with van der Waals surface area (Å²) in [7, 11) is 0. The molecule has 3 nitrogen and oxygen atoms in total. The van der Waals surface area contributed by atoms with Crippen LogP contribution in [0.3, 0.4) is 0 Å². The SMILES string of the molecule is Cc1ccc(C)c(CSc2nnc(Cc3ccccc3)n2-c2ccccc2)c1. The van der Waals surface area contributed by atoms with Crippen LogP contribution in [0.4, 0.5) is 0 Å². The monoisotopic (exact) mass is 385 g/mol. The van der Waals surface area contributed by atoms with Gasteiger partial charge in [-0.15, -0.1) is 10.2 Å². The van der Waals surface area contributed by atoms with Crippen LogP contribution in [0.1, 0.15) is 28.1 Å². The maximum absolute atomic E-state index is 4.53. The molecule has 0 spiro atoms. The summed E-state index contributed by atoms with van der Waals surface area (Å²) in [5.41, 5.74) is 6.28. The minimum atomic E-state index is 0.757. The van der Waals surface area contributed by atoms with E-state index in [0.29, 0.717) is 0 Å². The van der Waals surface area contributed by atoms with Gasteiger partial charge in [-0.2, -0.15) is 0 Å². The molecule has 4 rings (SSSR count). The average Bonchev–Trinajstić information content (AvgIpc) is 3.12. The fraction of sp³-hybridized carbons (Fsp3) is 0.167. The topological polar surface area (TPSA) is 30.7 Å². The molecule has 0 aliphatic carbocycles. The third-order valence-corrected chi connectivity index (χ3v) is 5.76. The van der Waals surface area contributed by atoms with Gasteiger partial charge in [0.1, 0.15) is 5.82 Å². The maximum atomic E-state index is 4.53. The van der Waals surface area contributed by atoms with E-state index in [1.165, 1.54) is 22.3 Å². The van der Waals surface area contributed by atoms with Crippen LogP contribution in [0.5, 0.6) is 0 Å². The zero-order chi connectivity index (χ0) is 19.3. The predicted molar refractivity (Wildman–Crippen MR) is 116 cm³/mol. The van der Waals surface area contributed by atoms with E-state index in [2.05, 4.69) is 95.3 Å². The van der Waals surface area contributed by atoms with Crippen LogP contribution >= 0.6 is 11.8 Å². The molecule has 0 saturated heterocycles. The summed E-state index contributed by atoms with van der Waals surface area (Å²) in [4.78, 5) is 0. The number of para-hydroxylation sites is 1. The lowest BCUT2D eigenvalue weighted by Gasteiger charge is -2.11. The van der Waals surface area contributed by atoms with Gasteiger partial charge < -0.3 is 0 Å². The van der Waals surface area contributed by atoms with Gasteiger partial charge in [0.05, 0.1) is 0 Å². The number of aromatic nitrogens is 3. The van der Waals surface area contributed by atoms with Crippen molar-refractivity contribution in [3.63, 3.8) is 0 Å². The Labute approximate surface area is 170 Å². The molecule has 0 amide bonds. The van der Waals surface area contributed by atoms with Crippen molar-refractivity contribution in [2.75, 3.05) is 0 Å². The van der Waals surface area contributed by atoms with Gasteiger partial charge in [-0.3, -0.25) is 4.57 Å². The number of aryl methyl sites for hydroxylation is 2. The lowest BCUT2D eigenvalue weighted by atomic mass is 10.1. The van der Waals surface area contributed by atoms with Crippen LogP contribution in [-0.2, 0) is 12.2 Å². The Morgan fingerprint density at radius 1 is 0.821 bits per heavy atom. The summed E-state index contributed by atoms with van der Waals surface area (Å²) in [6.45, 7) is 4.30. The van der Waals surface area contributed by atoms with Crippen molar-refractivity contribution in [2.24, 2.45) is 0 Å². The van der Waals surface area contributed by atoms with Crippen LogP contribution < -0.4 is 0 Å². The molecule has 4 heteroatoms. The first-order chi connectivity index (χ1) is 13.7. The second kappa shape index (κ2) is 8.44. The first-order valence-corrected chi connectivity index (χ1v) is 10.4. The van der Waals surface area contributed by atoms with Crippen LogP contribution in [0.25, 0.3) is 5.69 Å². The van der Waals surface area contributed by atoms with Gasteiger partial charge in [-0.1, -0.05) is 84.1 Å². The predicted octanol–water partition coefficient (Wildman–Crippen LogP) is 5.77. The second-order valence-corrected chi connectivity index (χ2v) is 7.89. The van der Waals surface area contributed by atoms with Crippen LogP contribution in [0.15, 0.2) is 84.0 Å². The Balaban J connectivity index is 1.66. The molecule has 0 fully saturated rings. The summed E-state index contributed by atoms with van der Waals surface area (Å²) in [5, 5.41) is 9.99. The Kier molecular flexibility index (Phi) is 5.58. The van der Waals surface area contributed by atoms with Gasteiger partial charge >= 0.3 is 0 Å². The molecule has 4 aromatic rings. The molecule has 0 radical (unpaired) electrons. The summed E-state index contributed by atoms with van der Waals surface area (Å²) in [6.07, 6.45) is 0.757. The van der Waals surface area contributed by atoms with Gasteiger partial charge in [0, 0.05) is 17.9 Å². The van der Waals surface area contributed by atoms with E-state index in [4.69, 9.17) is 0 Å². The lowest BCUT2D eigenvalue weighted by molar-refractivity contribution is 0.847. The molecule has 1 aromatic heterocycles. The molecule has 0 N–H and O–H groups in total. The molecular weight excluding hydrogens is 362 g/mol. The van der Waals surface area contributed by atoms with Crippen molar-refractivity contribution in [2.45, 2.75) is 31.2 Å². The smallest absolute Gasteiger partial charge is 0.196 e. The van der Waals surface area contributed by atoms with Gasteiger partial charge in [-0.05, 0) is 42.7 Å². The van der Waals surface area contributed by atoms with Crippen molar-refractivity contribution < 1.29 is 0 Å². The van der Waals surface area contributed by atoms with E-state index in [-0.39, 0.29) is 0 Å². The zero-order valence-corrected chi connectivity index (χ0v) is 17.0. The minimum Gasteiger partial charge on any atom is -0.274 e. The van der Waals surface area contributed by atoms with Crippen molar-refractivity contribution in [3.8, 4) is 5.69 Å². The summed E-state index contributed by atoms with van der Waals surface area (Å²) in [5.74, 6) is 1.84. The van der Waals surface area contributed by atoms with E-state index < -0.39 is 0 Å². The number of hydrogen-bond donors (Lipinski definition) is 0. The summed E-state index contributed by atoms with van der Waals surface area (Å²) in [6, 6.07) is 27.4. The molecule has 3 aromatic carbocycles. The normalized spacial score (nSPS) is 10.9. The first-order valence-electron chi connectivity index (χ1n) is 9.43. The van der Waals surface area contributed by atoms with E-state index in [0.717, 1.165) is 28.8 Å². The molecule has 0 saturated carbocycles. The molecule has 1 heterocycles. The molecule has 0 unspecified atom stereocenters. The fourth-order valence-corrected chi connectivity index (χ4v) is 4.26. The number of rotatable bonds is 6. The van der Waals surface area contributed by atoms with E-state index in [1.54, 1.807) is 11.8 Å². The Morgan fingerprint density at radius 2 is 1.54 bits per heavy atom. The highest BCUT2D eigenvalue weighted by Gasteiger charge is 2.15. The molecular formula is C24H23N3S. The van der Waals surface area contributed by atoms with Crippen molar-refractivity contribution in [1.29, 1.82) is 0 Å². The van der Waals surface area contributed by atoms with Crippen molar-refractivity contribution in [1.82, 2.24) is 14.8 Å². The van der Waals surface area contributed by atoms with Crippen LogP contribution in [0, 0.1) is 13.8 Å².